The third kappa shape index (κ3) is 2.63. The zero-order chi connectivity index (χ0) is 13.9. The molecule has 3 aromatic rings. The van der Waals surface area contributed by atoms with E-state index in [4.69, 9.17) is 16.0 Å². The summed E-state index contributed by atoms with van der Waals surface area (Å²) in [5, 5.41) is 1.50. The van der Waals surface area contributed by atoms with Crippen LogP contribution in [0.2, 0.25) is 5.02 Å². The first-order valence-electron chi connectivity index (χ1n) is 6.05. The Kier molecular flexibility index (Phi) is 3.35. The van der Waals surface area contributed by atoms with Gasteiger partial charge in [-0.1, -0.05) is 41.9 Å². The minimum atomic E-state index is -0.450. The number of benzene rings is 2. The van der Waals surface area contributed by atoms with E-state index in [1.807, 2.05) is 30.3 Å². The van der Waals surface area contributed by atoms with Gasteiger partial charge < -0.3 is 4.42 Å². The smallest absolute Gasteiger partial charge is 0.362 e. The fourth-order valence-corrected chi connectivity index (χ4v) is 1.96. The summed E-state index contributed by atoms with van der Waals surface area (Å²) < 4.78 is 5.21. The quantitative estimate of drug-likeness (QED) is 0.522. The van der Waals surface area contributed by atoms with Crippen molar-refractivity contribution in [2.75, 3.05) is 0 Å². The lowest BCUT2D eigenvalue weighted by Crippen LogP contribution is -1.97. The van der Waals surface area contributed by atoms with Gasteiger partial charge in [0.2, 0.25) is 0 Å². The van der Waals surface area contributed by atoms with Gasteiger partial charge in [0.05, 0.1) is 0 Å². The lowest BCUT2D eigenvalue weighted by atomic mass is 10.2. The van der Waals surface area contributed by atoms with E-state index in [9.17, 15) is 4.79 Å². The first-order valence-corrected chi connectivity index (χ1v) is 6.43. The van der Waals surface area contributed by atoms with Crippen LogP contribution in [0.4, 0.5) is 5.69 Å². The summed E-state index contributed by atoms with van der Waals surface area (Å²) in [4.78, 5) is 16.0. The molecule has 3 nitrogen and oxygen atoms in total. The largest absolute Gasteiger partial charge is 0.421 e. The number of fused-ring (bicyclic) bond motifs is 1. The number of halogens is 1. The second-order valence-corrected chi connectivity index (χ2v) is 4.70. The van der Waals surface area contributed by atoms with E-state index in [0.717, 1.165) is 10.9 Å². The van der Waals surface area contributed by atoms with Crippen molar-refractivity contribution < 1.29 is 4.42 Å². The maximum absolute atomic E-state index is 11.8. The van der Waals surface area contributed by atoms with E-state index in [2.05, 4.69) is 4.99 Å². The summed E-state index contributed by atoms with van der Waals surface area (Å²) in [6.07, 6.45) is 1.61. The zero-order valence-electron chi connectivity index (χ0n) is 10.4. The van der Waals surface area contributed by atoms with Crippen LogP contribution in [0.5, 0.6) is 0 Å². The Hall–Kier alpha value is -2.39. The highest BCUT2D eigenvalue weighted by molar-refractivity contribution is 6.30. The van der Waals surface area contributed by atoms with Crippen molar-refractivity contribution in [3.8, 4) is 0 Å². The Morgan fingerprint density at radius 2 is 1.80 bits per heavy atom. The van der Waals surface area contributed by atoms with E-state index >= 15 is 0 Å². The second-order valence-electron chi connectivity index (χ2n) is 4.27. The van der Waals surface area contributed by atoms with Crippen molar-refractivity contribution >= 4 is 34.5 Å². The van der Waals surface area contributed by atoms with Gasteiger partial charge in [-0.25, -0.2) is 9.79 Å². The number of hydrogen-bond donors (Lipinski definition) is 0. The summed E-state index contributed by atoms with van der Waals surface area (Å²) in [6.45, 7) is 0. The first kappa shape index (κ1) is 12.6. The molecule has 0 fully saturated rings. The molecule has 4 heteroatoms. The molecule has 0 spiro atoms. The predicted molar refractivity (Wildman–Crippen MR) is 81.2 cm³/mol. The fourth-order valence-electron chi connectivity index (χ4n) is 1.83. The molecule has 0 atom stereocenters. The van der Waals surface area contributed by atoms with Crippen molar-refractivity contribution in [3.05, 3.63) is 75.6 Å². The van der Waals surface area contributed by atoms with Crippen molar-refractivity contribution in [2.45, 2.75) is 0 Å². The normalized spacial score (nSPS) is 11.2. The molecular weight excluding hydrogens is 274 g/mol. The molecule has 0 aliphatic rings. The molecule has 20 heavy (non-hydrogen) atoms. The van der Waals surface area contributed by atoms with Gasteiger partial charge in [-0.15, -0.1) is 0 Å². The van der Waals surface area contributed by atoms with E-state index in [1.54, 1.807) is 30.5 Å². The van der Waals surface area contributed by atoms with E-state index < -0.39 is 5.63 Å². The molecule has 0 N–H and O–H groups in total. The van der Waals surface area contributed by atoms with Crippen LogP contribution >= 0.6 is 11.6 Å². The number of para-hydroxylation sites is 1. The second kappa shape index (κ2) is 5.31. The summed E-state index contributed by atoms with van der Waals surface area (Å²) >= 11 is 5.81. The Morgan fingerprint density at radius 1 is 1.05 bits per heavy atom. The SMILES string of the molecule is O=c1oc2ccccc2cc1N=Cc1ccc(Cl)cc1. The minimum absolute atomic E-state index is 0.277. The molecule has 1 heterocycles. The highest BCUT2D eigenvalue weighted by Crippen LogP contribution is 2.17. The predicted octanol–water partition coefficient (Wildman–Crippen LogP) is 4.20. The van der Waals surface area contributed by atoms with Gasteiger partial charge in [0.15, 0.2) is 0 Å². The highest BCUT2D eigenvalue weighted by atomic mass is 35.5. The van der Waals surface area contributed by atoms with E-state index in [-0.39, 0.29) is 5.69 Å². The molecular formula is C16H10ClNO2. The van der Waals surface area contributed by atoms with Crippen LogP contribution in [0.3, 0.4) is 0 Å². The Balaban J connectivity index is 2.00. The standard InChI is InChI=1S/C16H10ClNO2/c17-13-7-5-11(6-8-13)10-18-14-9-12-3-1-2-4-15(12)20-16(14)19/h1-10H. The summed E-state index contributed by atoms with van der Waals surface area (Å²) in [7, 11) is 0. The monoisotopic (exact) mass is 283 g/mol. The molecule has 2 aromatic carbocycles. The van der Waals surface area contributed by atoms with Crippen LogP contribution < -0.4 is 5.63 Å². The molecule has 0 unspecified atom stereocenters. The molecule has 0 bridgehead atoms. The topological polar surface area (TPSA) is 42.6 Å². The van der Waals surface area contributed by atoms with Crippen molar-refractivity contribution in [3.63, 3.8) is 0 Å². The van der Waals surface area contributed by atoms with Gasteiger partial charge in [-0.3, -0.25) is 0 Å². The van der Waals surface area contributed by atoms with Gasteiger partial charge >= 0.3 is 5.63 Å². The summed E-state index contributed by atoms with van der Waals surface area (Å²) in [5.41, 5.74) is 1.25. The van der Waals surface area contributed by atoms with Crippen molar-refractivity contribution in [2.24, 2.45) is 4.99 Å². The van der Waals surface area contributed by atoms with E-state index in [0.29, 0.717) is 10.6 Å². The van der Waals surface area contributed by atoms with Gasteiger partial charge in [0, 0.05) is 16.6 Å². The Labute approximate surface area is 120 Å². The molecule has 0 saturated heterocycles. The fraction of sp³-hybridized carbons (Fsp3) is 0. The molecule has 0 saturated carbocycles. The van der Waals surface area contributed by atoms with Crippen LogP contribution in [0, 0.1) is 0 Å². The average molecular weight is 284 g/mol. The van der Waals surface area contributed by atoms with Crippen molar-refractivity contribution in [1.82, 2.24) is 0 Å². The zero-order valence-corrected chi connectivity index (χ0v) is 11.2. The average Bonchev–Trinajstić information content (AvgIpc) is 2.47. The van der Waals surface area contributed by atoms with Crippen molar-refractivity contribution in [1.29, 1.82) is 0 Å². The molecule has 3 rings (SSSR count). The van der Waals surface area contributed by atoms with Gasteiger partial charge in [-0.05, 0) is 29.8 Å². The number of hydrogen-bond acceptors (Lipinski definition) is 3. The van der Waals surface area contributed by atoms with E-state index in [1.165, 1.54) is 0 Å². The molecule has 0 aliphatic carbocycles. The minimum Gasteiger partial charge on any atom is -0.421 e. The van der Waals surface area contributed by atoms with Crippen LogP contribution in [0.1, 0.15) is 5.56 Å². The molecule has 98 valence electrons. The number of rotatable bonds is 2. The lowest BCUT2D eigenvalue weighted by molar-refractivity contribution is 0.563. The third-order valence-corrected chi connectivity index (χ3v) is 3.10. The Bertz CT molecular complexity index is 835. The van der Waals surface area contributed by atoms with Crippen LogP contribution in [-0.2, 0) is 0 Å². The Morgan fingerprint density at radius 3 is 2.60 bits per heavy atom. The molecule has 0 aliphatic heterocycles. The maximum Gasteiger partial charge on any atom is 0.362 e. The van der Waals surface area contributed by atoms with Crippen LogP contribution in [0.25, 0.3) is 11.0 Å². The van der Waals surface area contributed by atoms with Crippen LogP contribution in [0.15, 0.2) is 68.8 Å². The molecule has 1 aromatic heterocycles. The lowest BCUT2D eigenvalue weighted by Gasteiger charge is -1.97. The van der Waals surface area contributed by atoms with Gasteiger partial charge in [-0.2, -0.15) is 0 Å². The van der Waals surface area contributed by atoms with Gasteiger partial charge in [0.25, 0.3) is 0 Å². The number of nitrogens with zero attached hydrogens (tertiary/aromatic N) is 1. The third-order valence-electron chi connectivity index (χ3n) is 2.85. The summed E-state index contributed by atoms with van der Waals surface area (Å²) in [6, 6.07) is 16.2. The highest BCUT2D eigenvalue weighted by Gasteiger charge is 2.02. The molecule has 0 amide bonds. The number of aliphatic imine (C=N–C) groups is 1. The first-order chi connectivity index (χ1) is 9.72. The van der Waals surface area contributed by atoms with Crippen LogP contribution in [-0.4, -0.2) is 6.21 Å². The summed E-state index contributed by atoms with van der Waals surface area (Å²) in [5.74, 6) is 0. The molecule has 0 radical (unpaired) electrons. The maximum atomic E-state index is 11.8. The van der Waals surface area contributed by atoms with Gasteiger partial charge in [0.1, 0.15) is 11.3 Å².